The minimum absolute atomic E-state index is 0.327. The average Bonchev–Trinajstić information content (AvgIpc) is 3.26. The minimum Gasteiger partial charge on any atom is -0.365 e. The molecule has 1 atom stereocenters. The summed E-state index contributed by atoms with van der Waals surface area (Å²) in [5.41, 5.74) is 1.10. The molecular formula is C17H28N4OS. The molecule has 1 saturated heterocycles. The molecule has 0 spiro atoms. The lowest BCUT2D eigenvalue weighted by atomic mass is 10.0. The van der Waals surface area contributed by atoms with Crippen LogP contribution in [0.15, 0.2) is 5.38 Å². The Morgan fingerprint density at radius 3 is 2.83 bits per heavy atom. The molecule has 5 nitrogen and oxygen atoms in total. The first-order chi connectivity index (χ1) is 11.1. The van der Waals surface area contributed by atoms with Gasteiger partial charge >= 0.3 is 0 Å². The summed E-state index contributed by atoms with van der Waals surface area (Å²) in [5.74, 6) is 1.58. The van der Waals surface area contributed by atoms with E-state index in [0.29, 0.717) is 24.3 Å². The summed E-state index contributed by atoms with van der Waals surface area (Å²) in [6, 6.07) is 0.327. The number of nitrogens with zero attached hydrogens (tertiary/aromatic N) is 3. The molecule has 0 aromatic carbocycles. The number of nitrogens with one attached hydrogen (secondary N) is 1. The smallest absolute Gasteiger partial charge is 0.224 e. The molecule has 2 aliphatic rings. The second-order valence-electron chi connectivity index (χ2n) is 7.18. The maximum absolute atomic E-state index is 12.6. The first kappa shape index (κ1) is 16.7. The molecule has 1 aliphatic carbocycles. The van der Waals surface area contributed by atoms with E-state index in [1.807, 2.05) is 7.05 Å². The Kier molecular flexibility index (Phi) is 5.21. The van der Waals surface area contributed by atoms with E-state index in [4.69, 9.17) is 0 Å². The fourth-order valence-corrected chi connectivity index (χ4v) is 3.95. The molecule has 1 aliphatic heterocycles. The molecule has 0 radical (unpaired) electrons. The van der Waals surface area contributed by atoms with E-state index in [1.54, 1.807) is 11.3 Å². The summed E-state index contributed by atoms with van der Waals surface area (Å²) >= 11 is 1.64. The zero-order valence-electron chi connectivity index (χ0n) is 14.4. The monoisotopic (exact) mass is 336 g/mol. The summed E-state index contributed by atoms with van der Waals surface area (Å²) < 4.78 is 0. The summed E-state index contributed by atoms with van der Waals surface area (Å²) in [6.45, 7) is 8.09. The van der Waals surface area contributed by atoms with Gasteiger partial charge in [-0.3, -0.25) is 9.69 Å². The normalized spacial score (nSPS) is 23.4. The van der Waals surface area contributed by atoms with Crippen LogP contribution in [-0.4, -0.2) is 53.4 Å². The van der Waals surface area contributed by atoms with Crippen molar-refractivity contribution in [2.45, 2.75) is 45.7 Å². The van der Waals surface area contributed by atoms with E-state index >= 15 is 0 Å². The Labute approximate surface area is 143 Å². The molecule has 0 bridgehead atoms. The first-order valence-corrected chi connectivity index (χ1v) is 9.58. The van der Waals surface area contributed by atoms with Crippen LogP contribution in [0.1, 0.15) is 38.8 Å². The lowest BCUT2D eigenvalue weighted by Gasteiger charge is -2.34. The van der Waals surface area contributed by atoms with Gasteiger partial charge in [0.25, 0.3) is 0 Å². The van der Waals surface area contributed by atoms with Crippen molar-refractivity contribution in [3.05, 3.63) is 11.1 Å². The van der Waals surface area contributed by atoms with Crippen LogP contribution < -0.4 is 5.32 Å². The van der Waals surface area contributed by atoms with Gasteiger partial charge in [-0.15, -0.1) is 11.3 Å². The fraction of sp³-hybridized carbons (Fsp3) is 0.765. The maximum Gasteiger partial charge on any atom is 0.224 e. The molecule has 23 heavy (non-hydrogen) atoms. The number of thiazole rings is 1. The SMILES string of the molecule is CNc1nc(CN2CCC(=O)N(CC3CC3)[C@H](C(C)C)C2)cs1. The lowest BCUT2D eigenvalue weighted by Crippen LogP contribution is -2.47. The van der Waals surface area contributed by atoms with Crippen LogP contribution in [0.3, 0.4) is 0 Å². The van der Waals surface area contributed by atoms with Crippen molar-refractivity contribution in [3.8, 4) is 0 Å². The largest absolute Gasteiger partial charge is 0.365 e. The molecule has 2 heterocycles. The van der Waals surface area contributed by atoms with Gasteiger partial charge in [0.05, 0.1) is 5.69 Å². The molecule has 2 fully saturated rings. The highest BCUT2D eigenvalue weighted by atomic mass is 32.1. The van der Waals surface area contributed by atoms with Gasteiger partial charge < -0.3 is 10.2 Å². The standard InChI is InChI=1S/C17H28N4OS/c1-12(2)15-10-20(9-14-11-23-17(18-3)19-14)7-6-16(22)21(15)8-13-4-5-13/h11-13,15H,4-10H2,1-3H3,(H,18,19)/t15-/m0/s1. The van der Waals surface area contributed by atoms with Crippen LogP contribution in [0, 0.1) is 11.8 Å². The van der Waals surface area contributed by atoms with E-state index in [0.717, 1.165) is 42.9 Å². The minimum atomic E-state index is 0.327. The third-order valence-corrected chi connectivity index (χ3v) is 5.79. The van der Waals surface area contributed by atoms with E-state index in [1.165, 1.54) is 12.8 Å². The second kappa shape index (κ2) is 7.18. The van der Waals surface area contributed by atoms with Crippen molar-refractivity contribution in [3.63, 3.8) is 0 Å². The number of hydrogen-bond acceptors (Lipinski definition) is 5. The Morgan fingerprint density at radius 2 is 2.22 bits per heavy atom. The van der Waals surface area contributed by atoms with Crippen LogP contribution in [0.25, 0.3) is 0 Å². The molecule has 128 valence electrons. The molecule has 1 amide bonds. The van der Waals surface area contributed by atoms with Crippen molar-refractivity contribution in [2.24, 2.45) is 11.8 Å². The molecule has 1 N–H and O–H groups in total. The zero-order chi connectivity index (χ0) is 16.4. The average molecular weight is 337 g/mol. The predicted molar refractivity (Wildman–Crippen MR) is 94.6 cm³/mol. The number of carbonyl (C=O) groups excluding carboxylic acids is 1. The van der Waals surface area contributed by atoms with Crippen LogP contribution in [0.4, 0.5) is 5.13 Å². The number of hydrogen-bond donors (Lipinski definition) is 1. The first-order valence-electron chi connectivity index (χ1n) is 8.70. The number of aromatic nitrogens is 1. The summed E-state index contributed by atoms with van der Waals surface area (Å²) in [7, 11) is 1.90. The number of amides is 1. The van der Waals surface area contributed by atoms with E-state index in [2.05, 4.69) is 39.3 Å². The van der Waals surface area contributed by atoms with E-state index in [-0.39, 0.29) is 0 Å². The molecular weight excluding hydrogens is 308 g/mol. The van der Waals surface area contributed by atoms with Gasteiger partial charge in [-0.1, -0.05) is 13.8 Å². The summed E-state index contributed by atoms with van der Waals surface area (Å²) in [6.07, 6.45) is 3.23. The molecule has 1 aromatic heterocycles. The van der Waals surface area contributed by atoms with Crippen LogP contribution in [0.2, 0.25) is 0 Å². The highest BCUT2D eigenvalue weighted by Gasteiger charge is 2.35. The van der Waals surface area contributed by atoms with Crippen molar-refractivity contribution in [1.29, 1.82) is 0 Å². The highest BCUT2D eigenvalue weighted by Crippen LogP contribution is 2.32. The lowest BCUT2D eigenvalue weighted by molar-refractivity contribution is -0.133. The van der Waals surface area contributed by atoms with Gasteiger partial charge in [0.1, 0.15) is 0 Å². The van der Waals surface area contributed by atoms with Crippen LogP contribution >= 0.6 is 11.3 Å². The van der Waals surface area contributed by atoms with Gasteiger partial charge in [0.15, 0.2) is 5.13 Å². The third kappa shape index (κ3) is 4.23. The molecule has 1 aromatic rings. The predicted octanol–water partition coefficient (Wildman–Crippen LogP) is 2.65. The zero-order valence-corrected chi connectivity index (χ0v) is 15.2. The van der Waals surface area contributed by atoms with Crippen LogP contribution in [-0.2, 0) is 11.3 Å². The second-order valence-corrected chi connectivity index (χ2v) is 8.04. The topological polar surface area (TPSA) is 48.5 Å². The van der Waals surface area contributed by atoms with Crippen molar-refractivity contribution < 1.29 is 4.79 Å². The third-order valence-electron chi connectivity index (χ3n) is 4.88. The number of carbonyl (C=O) groups is 1. The fourth-order valence-electron chi connectivity index (χ4n) is 3.29. The molecule has 1 saturated carbocycles. The number of anilines is 1. The van der Waals surface area contributed by atoms with E-state index < -0.39 is 0 Å². The van der Waals surface area contributed by atoms with Gasteiger partial charge in [-0.05, 0) is 24.7 Å². The van der Waals surface area contributed by atoms with Crippen molar-refractivity contribution in [2.75, 3.05) is 32.0 Å². The Morgan fingerprint density at radius 1 is 1.43 bits per heavy atom. The summed E-state index contributed by atoms with van der Waals surface area (Å²) in [4.78, 5) is 21.8. The number of rotatable bonds is 6. The van der Waals surface area contributed by atoms with E-state index in [9.17, 15) is 4.79 Å². The maximum atomic E-state index is 12.6. The van der Waals surface area contributed by atoms with Gasteiger partial charge in [-0.25, -0.2) is 4.98 Å². The Hall–Kier alpha value is -1.14. The quantitative estimate of drug-likeness (QED) is 0.868. The van der Waals surface area contributed by atoms with Gasteiger partial charge in [-0.2, -0.15) is 0 Å². The van der Waals surface area contributed by atoms with Crippen molar-refractivity contribution in [1.82, 2.24) is 14.8 Å². The highest BCUT2D eigenvalue weighted by molar-refractivity contribution is 7.13. The van der Waals surface area contributed by atoms with Crippen molar-refractivity contribution >= 4 is 22.4 Å². The Balaban J connectivity index is 1.69. The summed E-state index contributed by atoms with van der Waals surface area (Å²) in [5, 5.41) is 6.17. The Bertz CT molecular complexity index is 540. The molecule has 3 rings (SSSR count). The van der Waals surface area contributed by atoms with Crippen LogP contribution in [0.5, 0.6) is 0 Å². The van der Waals surface area contributed by atoms with Gasteiger partial charge in [0.2, 0.25) is 5.91 Å². The van der Waals surface area contributed by atoms with Gasteiger partial charge in [0, 0.05) is 51.1 Å². The molecule has 0 unspecified atom stereocenters. The molecule has 6 heteroatoms.